The molecule has 1 heterocycles. The zero-order valence-corrected chi connectivity index (χ0v) is 13.7. The van der Waals surface area contributed by atoms with Gasteiger partial charge in [0.15, 0.2) is 5.58 Å². The zero-order chi connectivity index (χ0) is 16.1. The van der Waals surface area contributed by atoms with Gasteiger partial charge in [0.2, 0.25) is 11.8 Å². The summed E-state index contributed by atoms with van der Waals surface area (Å²) in [5.41, 5.74) is 1.62. The Morgan fingerprint density at radius 2 is 1.79 bits per heavy atom. The summed E-state index contributed by atoms with van der Waals surface area (Å²) in [6.07, 6.45) is 10.9. The predicted molar refractivity (Wildman–Crippen MR) is 92.1 cm³/mol. The Hall–Kier alpha value is -2.10. The maximum absolute atomic E-state index is 12.4. The Kier molecular flexibility index (Phi) is 3.09. The Labute approximate surface area is 141 Å². The predicted octanol–water partition coefficient (Wildman–Crippen LogP) is 3.93. The van der Waals surface area contributed by atoms with E-state index in [0.29, 0.717) is 5.89 Å². The van der Waals surface area contributed by atoms with E-state index in [-0.39, 0.29) is 11.4 Å². The van der Waals surface area contributed by atoms with Crippen LogP contribution in [0.5, 0.6) is 0 Å². The van der Waals surface area contributed by atoms with Gasteiger partial charge in [-0.3, -0.25) is 4.79 Å². The topological polar surface area (TPSA) is 55.1 Å². The van der Waals surface area contributed by atoms with E-state index < -0.39 is 0 Å². The molecule has 1 N–H and O–H groups in total. The van der Waals surface area contributed by atoms with Gasteiger partial charge in [-0.05, 0) is 68.4 Å². The molecule has 124 valence electrons. The molecule has 0 atom stereocenters. The van der Waals surface area contributed by atoms with Crippen LogP contribution >= 0.6 is 0 Å². The number of oxazole rings is 1. The molecule has 4 bridgehead atoms. The molecular formula is C20H22N2O2. The summed E-state index contributed by atoms with van der Waals surface area (Å²) < 4.78 is 5.63. The van der Waals surface area contributed by atoms with Gasteiger partial charge >= 0.3 is 0 Å². The standard InChI is InChI=1S/C20H22N2O2/c23-18(5-6-19-21-16-3-1-2-4-17(16)24-19)22-20-10-13-7-14(11-20)9-15(8-13)12-20/h1-6,13-15H,7-12H2,(H,22,23)/b6-5+. The monoisotopic (exact) mass is 322 g/mol. The molecule has 4 saturated carbocycles. The molecule has 24 heavy (non-hydrogen) atoms. The molecule has 0 saturated heterocycles. The molecule has 2 aromatic rings. The zero-order valence-electron chi connectivity index (χ0n) is 13.7. The average molecular weight is 322 g/mol. The number of rotatable bonds is 3. The number of carbonyl (C=O) groups excluding carboxylic acids is 1. The molecule has 4 aliphatic carbocycles. The van der Waals surface area contributed by atoms with E-state index in [4.69, 9.17) is 4.42 Å². The van der Waals surface area contributed by atoms with Crippen LogP contribution in [0.1, 0.15) is 44.4 Å². The summed E-state index contributed by atoms with van der Waals surface area (Å²) in [6.45, 7) is 0. The summed E-state index contributed by atoms with van der Waals surface area (Å²) in [5, 5.41) is 3.33. The van der Waals surface area contributed by atoms with Crippen molar-refractivity contribution in [3.05, 3.63) is 36.2 Å². The molecular weight excluding hydrogens is 300 g/mol. The van der Waals surface area contributed by atoms with Crippen LogP contribution in [0.3, 0.4) is 0 Å². The molecule has 0 unspecified atom stereocenters. The highest BCUT2D eigenvalue weighted by molar-refractivity contribution is 5.92. The Balaban J connectivity index is 1.30. The van der Waals surface area contributed by atoms with Gasteiger partial charge in [0.25, 0.3) is 0 Å². The van der Waals surface area contributed by atoms with E-state index >= 15 is 0 Å². The van der Waals surface area contributed by atoms with Crippen molar-refractivity contribution in [2.24, 2.45) is 17.8 Å². The molecule has 1 amide bonds. The lowest BCUT2D eigenvalue weighted by Crippen LogP contribution is -2.59. The highest BCUT2D eigenvalue weighted by atomic mass is 16.3. The molecule has 1 aromatic carbocycles. The molecule has 1 aromatic heterocycles. The minimum Gasteiger partial charge on any atom is -0.437 e. The van der Waals surface area contributed by atoms with Crippen LogP contribution in [0.2, 0.25) is 0 Å². The van der Waals surface area contributed by atoms with Gasteiger partial charge in [0.1, 0.15) is 5.52 Å². The van der Waals surface area contributed by atoms with Gasteiger partial charge < -0.3 is 9.73 Å². The van der Waals surface area contributed by atoms with Gasteiger partial charge in [0.05, 0.1) is 0 Å². The van der Waals surface area contributed by atoms with E-state index in [0.717, 1.165) is 28.9 Å². The fourth-order valence-corrected chi connectivity index (χ4v) is 5.68. The number of nitrogens with zero attached hydrogens (tertiary/aromatic N) is 1. The van der Waals surface area contributed by atoms with Gasteiger partial charge in [0, 0.05) is 17.7 Å². The number of amides is 1. The van der Waals surface area contributed by atoms with E-state index in [9.17, 15) is 4.79 Å². The molecule has 0 spiro atoms. The number of nitrogens with one attached hydrogen (secondary N) is 1. The fraction of sp³-hybridized carbons (Fsp3) is 0.500. The van der Waals surface area contributed by atoms with Gasteiger partial charge in [-0.1, -0.05) is 12.1 Å². The molecule has 4 aliphatic rings. The molecule has 4 fully saturated rings. The smallest absolute Gasteiger partial charge is 0.244 e. The van der Waals surface area contributed by atoms with Crippen molar-refractivity contribution in [2.75, 3.05) is 0 Å². The highest BCUT2D eigenvalue weighted by Gasteiger charge is 2.51. The highest BCUT2D eigenvalue weighted by Crippen LogP contribution is 2.55. The lowest BCUT2D eigenvalue weighted by atomic mass is 9.53. The van der Waals surface area contributed by atoms with Crippen molar-refractivity contribution < 1.29 is 9.21 Å². The van der Waals surface area contributed by atoms with Crippen molar-refractivity contribution >= 4 is 23.1 Å². The van der Waals surface area contributed by atoms with E-state index in [1.807, 2.05) is 24.3 Å². The van der Waals surface area contributed by atoms with E-state index in [1.54, 1.807) is 12.2 Å². The fourth-order valence-electron chi connectivity index (χ4n) is 5.68. The van der Waals surface area contributed by atoms with Crippen molar-refractivity contribution in [1.29, 1.82) is 0 Å². The van der Waals surface area contributed by atoms with Gasteiger partial charge in [-0.2, -0.15) is 0 Å². The number of hydrogen-bond donors (Lipinski definition) is 1. The van der Waals surface area contributed by atoms with Crippen LogP contribution in [-0.2, 0) is 4.79 Å². The van der Waals surface area contributed by atoms with Crippen LogP contribution in [0.15, 0.2) is 34.8 Å². The van der Waals surface area contributed by atoms with E-state index in [2.05, 4.69) is 10.3 Å². The molecule has 0 radical (unpaired) electrons. The third-order valence-electron chi connectivity index (χ3n) is 6.11. The first-order valence-corrected chi connectivity index (χ1v) is 9.03. The number of benzene rings is 1. The number of fused-ring (bicyclic) bond motifs is 1. The second-order valence-electron chi connectivity index (χ2n) is 8.04. The summed E-state index contributed by atoms with van der Waals surface area (Å²) in [6, 6.07) is 7.64. The van der Waals surface area contributed by atoms with Gasteiger partial charge in [-0.15, -0.1) is 0 Å². The minimum atomic E-state index is -0.0146. The van der Waals surface area contributed by atoms with E-state index in [1.165, 1.54) is 38.5 Å². The maximum Gasteiger partial charge on any atom is 0.244 e. The molecule has 4 heteroatoms. The van der Waals surface area contributed by atoms with Crippen molar-refractivity contribution in [1.82, 2.24) is 10.3 Å². The van der Waals surface area contributed by atoms with Crippen LogP contribution < -0.4 is 5.32 Å². The molecule has 4 nitrogen and oxygen atoms in total. The lowest BCUT2D eigenvalue weighted by Gasteiger charge is -2.56. The van der Waals surface area contributed by atoms with Crippen LogP contribution in [0, 0.1) is 17.8 Å². The minimum absolute atomic E-state index is 0.0146. The normalized spacial score (nSPS) is 34.2. The van der Waals surface area contributed by atoms with Crippen LogP contribution in [-0.4, -0.2) is 16.4 Å². The summed E-state index contributed by atoms with van der Waals surface area (Å²) in [7, 11) is 0. The summed E-state index contributed by atoms with van der Waals surface area (Å²) in [5.74, 6) is 2.96. The van der Waals surface area contributed by atoms with Crippen LogP contribution in [0.4, 0.5) is 0 Å². The lowest BCUT2D eigenvalue weighted by molar-refractivity contribution is -0.122. The first kappa shape index (κ1) is 14.3. The van der Waals surface area contributed by atoms with Crippen LogP contribution in [0.25, 0.3) is 17.2 Å². The number of aromatic nitrogens is 1. The van der Waals surface area contributed by atoms with Crippen molar-refractivity contribution in [3.8, 4) is 0 Å². The summed E-state index contributed by atoms with van der Waals surface area (Å²) in [4.78, 5) is 16.8. The largest absolute Gasteiger partial charge is 0.437 e. The molecule has 0 aliphatic heterocycles. The quantitative estimate of drug-likeness (QED) is 0.871. The maximum atomic E-state index is 12.4. The first-order chi connectivity index (χ1) is 11.7. The average Bonchev–Trinajstić information content (AvgIpc) is 2.94. The first-order valence-electron chi connectivity index (χ1n) is 9.03. The summed E-state index contributed by atoms with van der Waals surface area (Å²) >= 11 is 0. The third-order valence-corrected chi connectivity index (χ3v) is 6.11. The SMILES string of the molecule is O=C(/C=C/c1nc2ccccc2o1)NC12CC3CC(CC(C3)C1)C2. The number of carbonyl (C=O) groups is 1. The van der Waals surface area contributed by atoms with Gasteiger partial charge in [-0.25, -0.2) is 4.98 Å². The Morgan fingerprint density at radius 1 is 1.12 bits per heavy atom. The Morgan fingerprint density at radius 3 is 2.46 bits per heavy atom. The number of para-hydroxylation sites is 2. The van der Waals surface area contributed by atoms with Crippen molar-refractivity contribution in [3.63, 3.8) is 0 Å². The molecule has 6 rings (SSSR count). The Bertz CT molecular complexity index is 752. The van der Waals surface area contributed by atoms with Crippen molar-refractivity contribution in [2.45, 2.75) is 44.1 Å². The second-order valence-corrected chi connectivity index (χ2v) is 8.04. The number of hydrogen-bond acceptors (Lipinski definition) is 3. The second kappa shape index (κ2) is 5.20. The third kappa shape index (κ3) is 2.45.